The van der Waals surface area contributed by atoms with Gasteiger partial charge in [0.05, 0.1) is 22.1 Å². The first-order chi connectivity index (χ1) is 19.3. The molecule has 8 aromatic rings. The van der Waals surface area contributed by atoms with E-state index in [1.54, 1.807) is 0 Å². The van der Waals surface area contributed by atoms with Gasteiger partial charge in [-0.15, -0.1) is 0 Å². The van der Waals surface area contributed by atoms with Crippen LogP contribution in [0.2, 0.25) is 0 Å². The SMILES string of the molecule is Brc1ccccc1-c1cccc(-c2ccc3c4ccccc4n(-c4cccc5oc6ccccc6c45)c3c2)c1. The van der Waals surface area contributed by atoms with Crippen molar-refractivity contribution < 1.29 is 4.42 Å². The highest BCUT2D eigenvalue weighted by Gasteiger charge is 2.18. The van der Waals surface area contributed by atoms with Crippen molar-refractivity contribution in [3.8, 4) is 27.9 Å². The fraction of sp³-hybridized carbons (Fsp3) is 0. The summed E-state index contributed by atoms with van der Waals surface area (Å²) in [5.41, 5.74) is 10.1. The number of furan rings is 1. The van der Waals surface area contributed by atoms with Gasteiger partial charge in [0, 0.05) is 20.6 Å². The van der Waals surface area contributed by atoms with E-state index in [0.29, 0.717) is 0 Å². The first-order valence-corrected chi connectivity index (χ1v) is 13.8. The zero-order chi connectivity index (χ0) is 25.9. The number of benzene rings is 6. The van der Waals surface area contributed by atoms with Crippen molar-refractivity contribution >= 4 is 59.7 Å². The summed E-state index contributed by atoms with van der Waals surface area (Å²) in [6.07, 6.45) is 0. The summed E-state index contributed by atoms with van der Waals surface area (Å²) in [6, 6.07) is 47.3. The average molecular weight is 564 g/mol. The minimum absolute atomic E-state index is 0.900. The second-order valence-corrected chi connectivity index (χ2v) is 10.7. The lowest BCUT2D eigenvalue weighted by molar-refractivity contribution is 0.669. The maximum absolute atomic E-state index is 6.26. The standard InChI is InChI=1S/C36H22BrNO/c37-30-14-4-1-11-26(30)25-10-7-9-23(21-25)24-19-20-28-27-12-2-5-15-31(27)38(33(28)22-24)32-16-8-18-35-36(32)29-13-3-6-17-34(29)39-35/h1-22H. The number of hydrogen-bond acceptors (Lipinski definition) is 1. The number of nitrogens with zero attached hydrogens (tertiary/aromatic N) is 1. The molecule has 2 nitrogen and oxygen atoms in total. The van der Waals surface area contributed by atoms with Gasteiger partial charge in [-0.3, -0.25) is 0 Å². The number of para-hydroxylation sites is 2. The molecule has 2 aromatic heterocycles. The highest BCUT2D eigenvalue weighted by atomic mass is 79.9. The third-order valence-electron chi connectivity index (χ3n) is 7.68. The van der Waals surface area contributed by atoms with E-state index in [9.17, 15) is 0 Å². The zero-order valence-electron chi connectivity index (χ0n) is 20.9. The molecule has 0 spiro atoms. The van der Waals surface area contributed by atoms with Crippen molar-refractivity contribution in [1.29, 1.82) is 0 Å². The molecule has 0 radical (unpaired) electrons. The molecular weight excluding hydrogens is 542 g/mol. The summed E-state index contributed by atoms with van der Waals surface area (Å²) < 4.78 is 9.75. The van der Waals surface area contributed by atoms with Gasteiger partial charge in [0.25, 0.3) is 0 Å². The van der Waals surface area contributed by atoms with E-state index in [1.807, 2.05) is 18.2 Å². The highest BCUT2D eigenvalue weighted by Crippen LogP contribution is 2.40. The van der Waals surface area contributed by atoms with Crippen LogP contribution in [0.5, 0.6) is 0 Å². The van der Waals surface area contributed by atoms with Crippen LogP contribution in [-0.2, 0) is 0 Å². The molecule has 0 amide bonds. The molecule has 0 unspecified atom stereocenters. The molecule has 0 fully saturated rings. The van der Waals surface area contributed by atoms with Crippen LogP contribution in [0, 0.1) is 0 Å². The molecule has 0 N–H and O–H groups in total. The minimum atomic E-state index is 0.900. The normalized spacial score (nSPS) is 11.7. The van der Waals surface area contributed by atoms with E-state index < -0.39 is 0 Å². The summed E-state index contributed by atoms with van der Waals surface area (Å²) in [5, 5.41) is 4.75. The smallest absolute Gasteiger partial charge is 0.137 e. The Hall–Kier alpha value is -4.60. The maximum Gasteiger partial charge on any atom is 0.137 e. The van der Waals surface area contributed by atoms with Crippen LogP contribution in [0.4, 0.5) is 0 Å². The van der Waals surface area contributed by atoms with Crippen molar-refractivity contribution in [3.05, 3.63) is 138 Å². The average Bonchev–Trinajstić information content (AvgIpc) is 3.53. The van der Waals surface area contributed by atoms with E-state index in [4.69, 9.17) is 4.42 Å². The van der Waals surface area contributed by atoms with Crippen LogP contribution in [0.1, 0.15) is 0 Å². The van der Waals surface area contributed by atoms with E-state index in [2.05, 4.69) is 136 Å². The molecular formula is C36H22BrNO. The fourth-order valence-electron chi connectivity index (χ4n) is 5.91. The Balaban J connectivity index is 1.41. The van der Waals surface area contributed by atoms with E-state index in [1.165, 1.54) is 44.1 Å². The van der Waals surface area contributed by atoms with Crippen molar-refractivity contribution in [3.63, 3.8) is 0 Å². The Bertz CT molecular complexity index is 2200. The van der Waals surface area contributed by atoms with Gasteiger partial charge < -0.3 is 8.98 Å². The van der Waals surface area contributed by atoms with Gasteiger partial charge in [-0.05, 0) is 64.7 Å². The maximum atomic E-state index is 6.26. The molecule has 0 atom stereocenters. The topological polar surface area (TPSA) is 18.1 Å². The van der Waals surface area contributed by atoms with Gasteiger partial charge >= 0.3 is 0 Å². The van der Waals surface area contributed by atoms with Crippen LogP contribution >= 0.6 is 15.9 Å². The summed E-state index contributed by atoms with van der Waals surface area (Å²) in [4.78, 5) is 0. The molecule has 39 heavy (non-hydrogen) atoms. The third kappa shape index (κ3) is 3.47. The van der Waals surface area contributed by atoms with E-state index >= 15 is 0 Å². The van der Waals surface area contributed by atoms with Crippen molar-refractivity contribution in [2.24, 2.45) is 0 Å². The number of halogens is 1. The fourth-order valence-corrected chi connectivity index (χ4v) is 6.43. The van der Waals surface area contributed by atoms with Crippen LogP contribution in [-0.4, -0.2) is 4.57 Å². The first-order valence-electron chi connectivity index (χ1n) is 13.1. The molecule has 184 valence electrons. The molecule has 0 bridgehead atoms. The van der Waals surface area contributed by atoms with Crippen LogP contribution in [0.15, 0.2) is 142 Å². The van der Waals surface area contributed by atoms with E-state index in [-0.39, 0.29) is 0 Å². The second kappa shape index (κ2) is 8.72. The summed E-state index contributed by atoms with van der Waals surface area (Å²) in [6.45, 7) is 0. The molecule has 8 rings (SSSR count). The second-order valence-electron chi connectivity index (χ2n) is 9.89. The van der Waals surface area contributed by atoms with Crippen molar-refractivity contribution in [2.75, 3.05) is 0 Å². The van der Waals surface area contributed by atoms with E-state index in [0.717, 1.165) is 32.1 Å². The molecule has 6 aromatic carbocycles. The largest absolute Gasteiger partial charge is 0.456 e. The number of fused-ring (bicyclic) bond motifs is 6. The van der Waals surface area contributed by atoms with Crippen molar-refractivity contribution in [2.45, 2.75) is 0 Å². The quantitative estimate of drug-likeness (QED) is 0.209. The Labute approximate surface area is 233 Å². The summed E-state index contributed by atoms with van der Waals surface area (Å²) >= 11 is 3.72. The molecule has 2 heterocycles. The predicted octanol–water partition coefficient (Wildman–Crippen LogP) is 10.8. The monoisotopic (exact) mass is 563 g/mol. The molecule has 0 saturated carbocycles. The minimum Gasteiger partial charge on any atom is -0.456 e. The van der Waals surface area contributed by atoms with Crippen LogP contribution < -0.4 is 0 Å². The van der Waals surface area contributed by atoms with Crippen LogP contribution in [0.3, 0.4) is 0 Å². The van der Waals surface area contributed by atoms with Crippen molar-refractivity contribution in [1.82, 2.24) is 4.57 Å². The van der Waals surface area contributed by atoms with Crippen LogP contribution in [0.25, 0.3) is 71.7 Å². The lowest BCUT2D eigenvalue weighted by Gasteiger charge is -2.11. The Morgan fingerprint density at radius 1 is 0.487 bits per heavy atom. The van der Waals surface area contributed by atoms with Gasteiger partial charge in [-0.1, -0.05) is 107 Å². The summed E-state index contributed by atoms with van der Waals surface area (Å²) in [7, 11) is 0. The molecule has 0 aliphatic carbocycles. The zero-order valence-corrected chi connectivity index (χ0v) is 22.5. The van der Waals surface area contributed by atoms with Gasteiger partial charge in [0.15, 0.2) is 0 Å². The molecule has 0 aliphatic rings. The number of aromatic nitrogens is 1. The van der Waals surface area contributed by atoms with Gasteiger partial charge in [0.2, 0.25) is 0 Å². The van der Waals surface area contributed by atoms with Gasteiger partial charge in [-0.2, -0.15) is 0 Å². The summed E-state index contributed by atoms with van der Waals surface area (Å²) in [5.74, 6) is 0. The Morgan fingerprint density at radius 3 is 2.10 bits per heavy atom. The number of hydrogen-bond donors (Lipinski definition) is 0. The predicted molar refractivity (Wildman–Crippen MR) is 167 cm³/mol. The first kappa shape index (κ1) is 22.4. The third-order valence-corrected chi connectivity index (χ3v) is 8.37. The van der Waals surface area contributed by atoms with Gasteiger partial charge in [0.1, 0.15) is 11.2 Å². The van der Waals surface area contributed by atoms with Gasteiger partial charge in [-0.25, -0.2) is 0 Å². The highest BCUT2D eigenvalue weighted by molar-refractivity contribution is 9.10. The Kier molecular flexibility index (Phi) is 5.01. The molecule has 0 aliphatic heterocycles. The molecule has 0 saturated heterocycles. The number of rotatable bonds is 3. The molecule has 3 heteroatoms. The lowest BCUT2D eigenvalue weighted by atomic mass is 9.98. The lowest BCUT2D eigenvalue weighted by Crippen LogP contribution is -1.95. The Morgan fingerprint density at radius 2 is 1.18 bits per heavy atom.